The molecule has 5 aromatic rings. The molecule has 0 spiro atoms. The topological polar surface area (TPSA) is 101 Å². The summed E-state index contributed by atoms with van der Waals surface area (Å²) in [5.74, 6) is 0.0991. The van der Waals surface area contributed by atoms with Crippen LogP contribution in [0.1, 0.15) is 11.1 Å². The molecule has 0 radical (unpaired) electrons. The minimum atomic E-state index is -4.00. The van der Waals surface area contributed by atoms with E-state index in [2.05, 4.69) is 33.7 Å². The second-order valence-electron chi connectivity index (χ2n) is 8.83. The van der Waals surface area contributed by atoms with E-state index >= 15 is 0 Å². The van der Waals surface area contributed by atoms with E-state index in [-0.39, 0.29) is 10.6 Å². The van der Waals surface area contributed by atoms with E-state index in [9.17, 15) is 13.2 Å². The number of hydrogen-bond acceptors (Lipinski definition) is 6. The van der Waals surface area contributed by atoms with E-state index in [1.54, 1.807) is 30.3 Å². The fourth-order valence-corrected chi connectivity index (χ4v) is 5.54. The summed E-state index contributed by atoms with van der Waals surface area (Å²) in [5, 5.41) is 6.32. The summed E-state index contributed by atoms with van der Waals surface area (Å²) in [6, 6.07) is 32.7. The van der Waals surface area contributed by atoms with Crippen LogP contribution >= 0.6 is 0 Å². The first kappa shape index (κ1) is 26.6. The zero-order chi connectivity index (χ0) is 27.8. The number of amides is 1. The summed E-state index contributed by atoms with van der Waals surface area (Å²) in [6.45, 7) is -0.0363. The van der Waals surface area contributed by atoms with Gasteiger partial charge in [-0.1, -0.05) is 60.7 Å². The van der Waals surface area contributed by atoms with Gasteiger partial charge in [0.05, 0.1) is 23.0 Å². The lowest BCUT2D eigenvalue weighted by atomic mass is 10.1. The third-order valence-electron chi connectivity index (χ3n) is 6.11. The smallest absolute Gasteiger partial charge is 0.264 e. The highest BCUT2D eigenvalue weighted by molar-refractivity contribution is 7.92. The normalized spacial score (nSPS) is 11.4. The molecule has 5 rings (SSSR count). The molecule has 1 amide bonds. The van der Waals surface area contributed by atoms with Gasteiger partial charge in [0.15, 0.2) is 0 Å². The predicted octanol–water partition coefficient (Wildman–Crippen LogP) is 5.16. The number of hydrazone groups is 1. The molecule has 1 N–H and O–H groups in total. The van der Waals surface area contributed by atoms with Crippen molar-refractivity contribution in [1.29, 1.82) is 0 Å². The van der Waals surface area contributed by atoms with Crippen LogP contribution < -0.4 is 14.5 Å². The Balaban J connectivity index is 1.20. The van der Waals surface area contributed by atoms with Crippen molar-refractivity contribution >= 4 is 38.6 Å². The Labute approximate surface area is 232 Å². The summed E-state index contributed by atoms with van der Waals surface area (Å²) in [5.41, 5.74) is 4.51. The molecule has 9 heteroatoms. The lowest BCUT2D eigenvalue weighted by Gasteiger charge is -2.23. The van der Waals surface area contributed by atoms with Crippen molar-refractivity contribution in [3.63, 3.8) is 0 Å². The minimum absolute atomic E-state index is 0.0675. The number of nitrogens with zero attached hydrogens (tertiary/aromatic N) is 3. The fraction of sp³-hybridized carbons (Fsp3) is 0.0645. The molecule has 40 heavy (non-hydrogen) atoms. The average Bonchev–Trinajstić information content (AvgIpc) is 3.00. The zero-order valence-corrected chi connectivity index (χ0v) is 22.2. The number of carbonyl (C=O) groups excluding carboxylic acids is 1. The Kier molecular flexibility index (Phi) is 8.13. The third kappa shape index (κ3) is 6.33. The summed E-state index contributed by atoms with van der Waals surface area (Å²) in [7, 11) is -4.00. The van der Waals surface area contributed by atoms with Crippen LogP contribution in [0.15, 0.2) is 132 Å². The van der Waals surface area contributed by atoms with Gasteiger partial charge >= 0.3 is 0 Å². The SMILES string of the molecule is O=C(CN(c1cccnc1)S(=O)(=O)c1ccccc1)N/N=C\c1ccc(OCc2cccc3ccccc23)cc1. The number of benzene rings is 4. The lowest BCUT2D eigenvalue weighted by molar-refractivity contribution is -0.119. The van der Waals surface area contributed by atoms with Crippen LogP contribution in [0.25, 0.3) is 10.8 Å². The number of pyridine rings is 1. The molecule has 0 aliphatic rings. The first-order chi connectivity index (χ1) is 19.5. The van der Waals surface area contributed by atoms with Gasteiger partial charge in [-0.05, 0) is 70.4 Å². The molecule has 1 heterocycles. The van der Waals surface area contributed by atoms with Gasteiger partial charge < -0.3 is 4.74 Å². The molecular weight excluding hydrogens is 524 g/mol. The Bertz CT molecular complexity index is 1720. The van der Waals surface area contributed by atoms with E-state index in [4.69, 9.17) is 4.74 Å². The summed E-state index contributed by atoms with van der Waals surface area (Å²) < 4.78 is 33.5. The van der Waals surface area contributed by atoms with Gasteiger partial charge in [-0.2, -0.15) is 5.10 Å². The van der Waals surface area contributed by atoms with Crippen molar-refractivity contribution in [3.8, 4) is 5.75 Å². The summed E-state index contributed by atoms with van der Waals surface area (Å²) in [6.07, 6.45) is 4.40. The van der Waals surface area contributed by atoms with Gasteiger partial charge in [0.1, 0.15) is 18.9 Å². The quantitative estimate of drug-likeness (QED) is 0.191. The first-order valence-corrected chi connectivity index (χ1v) is 13.9. The monoisotopic (exact) mass is 550 g/mol. The zero-order valence-electron chi connectivity index (χ0n) is 21.4. The van der Waals surface area contributed by atoms with E-state index in [0.29, 0.717) is 12.4 Å². The molecule has 0 saturated heterocycles. The molecular formula is C31H26N4O4S. The summed E-state index contributed by atoms with van der Waals surface area (Å²) in [4.78, 5) is 16.8. The van der Waals surface area contributed by atoms with Crippen LogP contribution in [0.5, 0.6) is 5.75 Å². The Hall–Kier alpha value is -5.02. The maximum Gasteiger partial charge on any atom is 0.264 e. The highest BCUT2D eigenvalue weighted by atomic mass is 32.2. The van der Waals surface area contributed by atoms with E-state index < -0.39 is 22.5 Å². The fourth-order valence-electron chi connectivity index (χ4n) is 4.11. The van der Waals surface area contributed by atoms with Crippen LogP contribution in [0.2, 0.25) is 0 Å². The average molecular weight is 551 g/mol. The van der Waals surface area contributed by atoms with Crippen LogP contribution in [-0.4, -0.2) is 32.1 Å². The number of ether oxygens (including phenoxy) is 1. The van der Waals surface area contributed by atoms with Gasteiger partial charge in [0.2, 0.25) is 0 Å². The number of sulfonamides is 1. The van der Waals surface area contributed by atoms with Gasteiger partial charge in [-0.3, -0.25) is 14.1 Å². The molecule has 0 atom stereocenters. The minimum Gasteiger partial charge on any atom is -0.489 e. The number of aromatic nitrogens is 1. The number of carbonyl (C=O) groups is 1. The second kappa shape index (κ2) is 12.2. The molecule has 200 valence electrons. The van der Waals surface area contributed by atoms with E-state index in [1.165, 1.54) is 36.1 Å². The van der Waals surface area contributed by atoms with Gasteiger partial charge in [-0.15, -0.1) is 0 Å². The molecule has 8 nitrogen and oxygen atoms in total. The van der Waals surface area contributed by atoms with Crippen molar-refractivity contribution in [2.24, 2.45) is 5.10 Å². The number of hydrogen-bond donors (Lipinski definition) is 1. The Morgan fingerprint density at radius 2 is 1.62 bits per heavy atom. The highest BCUT2D eigenvalue weighted by Crippen LogP contribution is 2.23. The van der Waals surface area contributed by atoms with Crippen LogP contribution in [-0.2, 0) is 21.4 Å². The predicted molar refractivity (Wildman–Crippen MR) is 156 cm³/mol. The van der Waals surface area contributed by atoms with Crippen molar-refractivity contribution in [2.45, 2.75) is 11.5 Å². The lowest BCUT2D eigenvalue weighted by Crippen LogP contribution is -2.39. The van der Waals surface area contributed by atoms with Crippen LogP contribution in [0, 0.1) is 0 Å². The van der Waals surface area contributed by atoms with Crippen LogP contribution in [0.4, 0.5) is 5.69 Å². The molecule has 4 aromatic carbocycles. The second-order valence-corrected chi connectivity index (χ2v) is 10.7. The number of rotatable bonds is 10. The molecule has 0 aliphatic heterocycles. The number of fused-ring (bicyclic) bond motifs is 1. The molecule has 0 saturated carbocycles. The molecule has 0 fully saturated rings. The van der Waals surface area contributed by atoms with Crippen molar-refractivity contribution in [3.05, 3.63) is 133 Å². The number of nitrogens with one attached hydrogen (secondary N) is 1. The van der Waals surface area contributed by atoms with Crippen molar-refractivity contribution in [2.75, 3.05) is 10.8 Å². The molecule has 0 unspecified atom stereocenters. The molecule has 0 aliphatic carbocycles. The maximum atomic E-state index is 13.3. The Morgan fingerprint density at radius 1 is 0.875 bits per heavy atom. The van der Waals surface area contributed by atoms with E-state index in [1.807, 2.05) is 48.5 Å². The first-order valence-electron chi connectivity index (χ1n) is 12.5. The highest BCUT2D eigenvalue weighted by Gasteiger charge is 2.27. The number of anilines is 1. The Morgan fingerprint density at radius 3 is 2.40 bits per heavy atom. The van der Waals surface area contributed by atoms with Gasteiger partial charge in [0, 0.05) is 6.20 Å². The standard InChI is InChI=1S/C31H26N4O4S/c36-31(22-35(27-11-7-19-32-21-27)40(37,38)29-12-2-1-3-13-29)34-33-20-24-15-17-28(18-16-24)39-23-26-10-6-9-25-8-4-5-14-30(25)26/h1-21H,22-23H2,(H,34,36)/b33-20-. The molecule has 1 aromatic heterocycles. The molecule has 0 bridgehead atoms. The van der Waals surface area contributed by atoms with E-state index in [0.717, 1.165) is 20.8 Å². The van der Waals surface area contributed by atoms with Crippen molar-refractivity contribution < 1.29 is 17.9 Å². The maximum absolute atomic E-state index is 13.3. The van der Waals surface area contributed by atoms with Gasteiger partial charge in [0.25, 0.3) is 15.9 Å². The third-order valence-corrected chi connectivity index (χ3v) is 7.90. The van der Waals surface area contributed by atoms with Crippen molar-refractivity contribution in [1.82, 2.24) is 10.4 Å². The summed E-state index contributed by atoms with van der Waals surface area (Å²) >= 11 is 0. The van der Waals surface area contributed by atoms with Crippen LogP contribution in [0.3, 0.4) is 0 Å². The van der Waals surface area contributed by atoms with Gasteiger partial charge in [-0.25, -0.2) is 13.8 Å². The largest absolute Gasteiger partial charge is 0.489 e.